The first-order chi connectivity index (χ1) is 54.6. The lowest BCUT2D eigenvalue weighted by atomic mass is 9.89. The maximum Gasteiger partial charge on any atom is 0.0541 e. The van der Waals surface area contributed by atoms with Gasteiger partial charge in [-0.25, -0.2) is 0 Å². The van der Waals surface area contributed by atoms with Gasteiger partial charge in [0.1, 0.15) is 0 Å². The van der Waals surface area contributed by atoms with Gasteiger partial charge >= 0.3 is 0 Å². The summed E-state index contributed by atoms with van der Waals surface area (Å²) in [4.78, 5) is 2.37. The molecule has 0 radical (unpaired) electrons. The predicted octanol–water partition coefficient (Wildman–Crippen LogP) is 29.4. The molecule has 0 saturated heterocycles. The van der Waals surface area contributed by atoms with Crippen molar-refractivity contribution in [2.45, 2.75) is 33.6 Å². The van der Waals surface area contributed by atoms with Gasteiger partial charge in [0.2, 0.25) is 0 Å². The molecule has 0 fully saturated rings. The summed E-state index contributed by atoms with van der Waals surface area (Å²) in [6.45, 7) is 8.91. The molecule has 532 valence electrons. The van der Waals surface area contributed by atoms with E-state index in [0.29, 0.717) is 0 Å². The first-order valence-electron chi connectivity index (χ1n) is 38.1. The summed E-state index contributed by atoms with van der Waals surface area (Å²) in [5.41, 5.74) is 34.5. The molecular weight excluding hydrogens is 1410 g/mol. The van der Waals surface area contributed by atoms with Crippen molar-refractivity contribution in [2.24, 2.45) is 0 Å². The summed E-state index contributed by atoms with van der Waals surface area (Å²) in [5, 5.41) is 9.92. The zero-order chi connectivity index (χ0) is 74.9. The van der Waals surface area contributed by atoms with Crippen molar-refractivity contribution < 1.29 is 0 Å². The molecule has 1 aliphatic carbocycles. The molecule has 1 atom stereocenters. The van der Waals surface area contributed by atoms with Crippen molar-refractivity contribution in [3.63, 3.8) is 0 Å². The van der Waals surface area contributed by atoms with Crippen LogP contribution in [0.1, 0.15) is 47.7 Å². The van der Waals surface area contributed by atoms with E-state index in [4.69, 9.17) is 0 Å². The molecule has 5 nitrogen and oxygen atoms in total. The number of hydrogen-bond acceptors (Lipinski definition) is 2. The minimum absolute atomic E-state index is 0.280. The summed E-state index contributed by atoms with van der Waals surface area (Å²) in [7, 11) is 0. The predicted molar refractivity (Wildman–Crippen MR) is 475 cm³/mol. The number of anilines is 5. The smallest absolute Gasteiger partial charge is 0.0541 e. The molecule has 16 aromatic carbocycles. The second-order valence-electron chi connectivity index (χ2n) is 28.7. The van der Waals surface area contributed by atoms with Gasteiger partial charge in [0.15, 0.2) is 0 Å². The van der Waals surface area contributed by atoms with Crippen LogP contribution in [0.4, 0.5) is 28.4 Å². The van der Waals surface area contributed by atoms with Gasteiger partial charge < -0.3 is 23.9 Å². The van der Waals surface area contributed by atoms with E-state index in [9.17, 15) is 0 Å². The van der Waals surface area contributed by atoms with Crippen LogP contribution in [0.3, 0.4) is 0 Å². The molecule has 20 rings (SSSR count). The Hall–Kier alpha value is -13.5. The summed E-state index contributed by atoms with van der Waals surface area (Å²) in [5.74, 6) is 0.280. The van der Waals surface area contributed by atoms with Crippen LogP contribution in [0.15, 0.2) is 410 Å². The van der Waals surface area contributed by atoms with Crippen molar-refractivity contribution in [1.29, 1.82) is 0 Å². The fraction of sp³-hybridized carbons (Fsp3) is 0.0476. The molecule has 6 heteroatoms. The van der Waals surface area contributed by atoms with Crippen molar-refractivity contribution in [2.75, 3.05) is 10.2 Å². The molecule has 0 spiro atoms. The molecule has 0 saturated carbocycles. The number of allylic oxidation sites excluding steroid dienone is 2. The molecule has 1 N–H and O–H groups in total. The van der Waals surface area contributed by atoms with Crippen LogP contribution < -0.4 is 10.2 Å². The number of nitrogens with zero attached hydrogens (tertiary/aromatic N) is 4. The first-order valence-corrected chi connectivity index (χ1v) is 38.9. The summed E-state index contributed by atoms with van der Waals surface area (Å²) in [6, 6.07) is 144. The van der Waals surface area contributed by atoms with Gasteiger partial charge in [-0.05, 0) is 252 Å². The third-order valence-electron chi connectivity index (χ3n) is 22.3. The zero-order valence-corrected chi connectivity index (χ0v) is 63.9. The van der Waals surface area contributed by atoms with E-state index < -0.39 is 0 Å². The molecule has 0 bridgehead atoms. The molecule has 0 aliphatic heterocycles. The molecule has 3 heterocycles. The molecule has 1 aliphatic rings. The van der Waals surface area contributed by atoms with Crippen molar-refractivity contribution >= 4 is 104 Å². The average Bonchev–Trinajstić information content (AvgIpc) is 1.62. The Bertz CT molecular complexity index is 6580. The molecule has 3 aromatic heterocycles. The highest BCUT2D eigenvalue weighted by Crippen LogP contribution is 2.47. The van der Waals surface area contributed by atoms with E-state index in [1.807, 2.05) is 6.07 Å². The third kappa shape index (κ3) is 13.5. The monoisotopic (exact) mass is 1490 g/mol. The highest BCUT2D eigenvalue weighted by Gasteiger charge is 2.28. The van der Waals surface area contributed by atoms with Crippen LogP contribution in [-0.4, -0.2) is 13.7 Å². The standard InChI is InChI=1S/C53H40N2.C36H26N2.C16H14BrN/c1-36-37(2)53(49-19-10-9-17-47(36)49)41-25-32-46(33-26-41)54(44-28-21-39(22-29-44)38-13-5-3-6-14-38)45-30-23-40(24-31-45)42-27-34-52-50(35-42)48-18-11-12-20-51(48)55(52)43-15-7-4-8-16-43;1-3-9-26(10-4-1)27-15-20-30(21-16-27)37-31-22-17-28(18-23-31)29-19-24-36-34(25-29)33-13-7-8-14-35(33)38(36)32-11-5-2-6-12-32;1-11-12(2)18(14-9-7-13(17)8-10-14)16-6-4-3-5-15(11)16/h3-35,53H,1-2H3;1-25,37H;3-10H,1-2H3. The van der Waals surface area contributed by atoms with Gasteiger partial charge in [-0.3, -0.25) is 0 Å². The van der Waals surface area contributed by atoms with E-state index in [1.54, 1.807) is 0 Å². The second kappa shape index (κ2) is 30.3. The molecule has 19 aromatic rings. The van der Waals surface area contributed by atoms with Gasteiger partial charge in [0.25, 0.3) is 0 Å². The van der Waals surface area contributed by atoms with Gasteiger partial charge in [0.05, 0.1) is 27.6 Å². The lowest BCUT2D eigenvalue weighted by Crippen LogP contribution is -2.10. The summed E-state index contributed by atoms with van der Waals surface area (Å²) < 4.78 is 8.15. The van der Waals surface area contributed by atoms with E-state index in [0.717, 1.165) is 32.9 Å². The van der Waals surface area contributed by atoms with Crippen LogP contribution in [0.2, 0.25) is 0 Å². The molecule has 111 heavy (non-hydrogen) atoms. The Morgan fingerprint density at radius 3 is 1.09 bits per heavy atom. The van der Waals surface area contributed by atoms with E-state index >= 15 is 0 Å². The zero-order valence-electron chi connectivity index (χ0n) is 62.3. The fourth-order valence-corrected chi connectivity index (χ4v) is 16.7. The highest BCUT2D eigenvalue weighted by atomic mass is 79.9. The number of nitrogens with one attached hydrogen (secondary N) is 1. The number of rotatable bonds is 13. The Labute approximate surface area is 657 Å². The first kappa shape index (κ1) is 69.2. The van der Waals surface area contributed by atoms with Gasteiger partial charge in [-0.2, -0.15) is 0 Å². The lowest BCUT2D eigenvalue weighted by Gasteiger charge is -2.27. The summed E-state index contributed by atoms with van der Waals surface area (Å²) in [6.07, 6.45) is 0. The number of fused-ring (bicyclic) bond motifs is 8. The Kier molecular flexibility index (Phi) is 18.9. The van der Waals surface area contributed by atoms with Crippen molar-refractivity contribution in [1.82, 2.24) is 13.7 Å². The highest BCUT2D eigenvalue weighted by molar-refractivity contribution is 9.10. The number of hydrogen-bond donors (Lipinski definition) is 1. The van der Waals surface area contributed by atoms with Crippen LogP contribution in [-0.2, 0) is 0 Å². The maximum atomic E-state index is 3.53. The molecule has 1 unspecified atom stereocenters. The largest absolute Gasteiger partial charge is 0.356 e. The molecular formula is C105H80BrN5. The van der Waals surface area contributed by atoms with Crippen LogP contribution in [0.25, 0.3) is 122 Å². The fourth-order valence-electron chi connectivity index (χ4n) is 16.4. The van der Waals surface area contributed by atoms with Crippen molar-refractivity contribution in [3.05, 3.63) is 438 Å². The number of para-hydroxylation sites is 5. The minimum Gasteiger partial charge on any atom is -0.356 e. The molecule has 0 amide bonds. The van der Waals surface area contributed by atoms with Crippen LogP contribution >= 0.6 is 15.9 Å². The average molecular weight is 1490 g/mol. The maximum absolute atomic E-state index is 3.53. The van der Waals surface area contributed by atoms with Gasteiger partial charge in [-0.1, -0.05) is 270 Å². The van der Waals surface area contributed by atoms with Gasteiger partial charge in [-0.15, -0.1) is 0 Å². The number of aromatic nitrogens is 3. The Morgan fingerprint density at radius 1 is 0.279 bits per heavy atom. The van der Waals surface area contributed by atoms with E-state index in [2.05, 4.69) is 462 Å². The third-order valence-corrected chi connectivity index (χ3v) is 22.8. The van der Waals surface area contributed by atoms with Gasteiger partial charge in [0, 0.05) is 88.5 Å². The Morgan fingerprint density at radius 2 is 0.622 bits per heavy atom. The Balaban J connectivity index is 0.000000132. The minimum atomic E-state index is 0.280. The second-order valence-corrected chi connectivity index (χ2v) is 29.7. The summed E-state index contributed by atoms with van der Waals surface area (Å²) >= 11 is 3.48. The number of aryl methyl sites for hydroxylation is 1. The van der Waals surface area contributed by atoms with Crippen LogP contribution in [0, 0.1) is 13.8 Å². The quantitative estimate of drug-likeness (QED) is 0.125. The van der Waals surface area contributed by atoms with E-state index in [-0.39, 0.29) is 5.92 Å². The topological polar surface area (TPSA) is 30.1 Å². The van der Waals surface area contributed by atoms with Crippen molar-refractivity contribution in [3.8, 4) is 61.6 Å². The van der Waals surface area contributed by atoms with Crippen LogP contribution in [0.5, 0.6) is 0 Å². The lowest BCUT2D eigenvalue weighted by molar-refractivity contribution is 0.974. The SMILES string of the molecule is CC1=C(C)C(c2ccc(N(c3ccc(-c4ccccc4)cc3)c3ccc(-c4ccc5c(c4)c4ccccc4n5-c4ccccc4)cc3)cc2)c2ccccc21.Cc1c(C)n(-c2ccc(Br)cc2)c2ccccc12.c1ccc(-c2ccc(Nc3ccc(-c4ccc5c(c4)c4ccccc4n5-c4ccccc4)cc3)cc2)cc1. The van der Waals surface area contributed by atoms with E-state index in [1.165, 1.54) is 155 Å². The normalized spacial score (nSPS) is 12.4. The number of halogens is 1. The number of benzene rings is 16.